The van der Waals surface area contributed by atoms with Crippen molar-refractivity contribution >= 4 is 22.6 Å². The highest BCUT2D eigenvalue weighted by Crippen LogP contribution is 2.38. The third-order valence-corrected chi connectivity index (χ3v) is 4.99. The van der Waals surface area contributed by atoms with E-state index < -0.39 is 0 Å². The fraction of sp³-hybridized carbons (Fsp3) is 0.150. The summed E-state index contributed by atoms with van der Waals surface area (Å²) in [5.41, 5.74) is 4.54. The second kappa shape index (κ2) is 5.88. The van der Waals surface area contributed by atoms with Gasteiger partial charge in [0.15, 0.2) is 0 Å². The maximum absolute atomic E-state index is 14.5. The predicted molar refractivity (Wildman–Crippen MR) is 99.5 cm³/mol. The molecule has 0 bridgehead atoms. The molecule has 0 unspecified atom stereocenters. The van der Waals surface area contributed by atoms with Crippen LogP contribution >= 0.6 is 11.6 Å². The number of benzene rings is 2. The molecule has 0 fully saturated rings. The van der Waals surface area contributed by atoms with Crippen molar-refractivity contribution < 1.29 is 4.39 Å². The van der Waals surface area contributed by atoms with E-state index in [4.69, 9.17) is 16.6 Å². The monoisotopic (exact) mass is 364 g/mol. The van der Waals surface area contributed by atoms with E-state index in [-0.39, 0.29) is 5.82 Å². The molecule has 0 radical (unpaired) electrons. The smallest absolute Gasteiger partial charge is 0.132 e. The van der Waals surface area contributed by atoms with Gasteiger partial charge in [-0.25, -0.2) is 9.37 Å². The molecule has 4 nitrogen and oxygen atoms in total. The summed E-state index contributed by atoms with van der Waals surface area (Å²) < 4.78 is 16.7. The molecule has 1 aliphatic heterocycles. The summed E-state index contributed by atoms with van der Waals surface area (Å²) in [4.78, 5) is 13.5. The highest BCUT2D eigenvalue weighted by atomic mass is 35.5. The third-order valence-electron chi connectivity index (χ3n) is 4.76. The van der Waals surface area contributed by atoms with Gasteiger partial charge in [0, 0.05) is 41.5 Å². The molecule has 0 N–H and O–H groups in total. The van der Waals surface area contributed by atoms with Crippen LogP contribution in [0.4, 0.5) is 4.39 Å². The maximum atomic E-state index is 14.5. The van der Waals surface area contributed by atoms with E-state index in [1.54, 1.807) is 24.5 Å². The van der Waals surface area contributed by atoms with Crippen LogP contribution in [0.2, 0.25) is 5.02 Å². The van der Waals surface area contributed by atoms with Crippen LogP contribution in [0.3, 0.4) is 0 Å². The Morgan fingerprint density at radius 1 is 1.00 bits per heavy atom. The van der Waals surface area contributed by atoms with Crippen molar-refractivity contribution in [1.82, 2.24) is 19.5 Å². The van der Waals surface area contributed by atoms with Crippen LogP contribution < -0.4 is 0 Å². The van der Waals surface area contributed by atoms with Crippen LogP contribution in [0.1, 0.15) is 12.2 Å². The number of fused-ring (bicyclic) bond motifs is 2. The van der Waals surface area contributed by atoms with Gasteiger partial charge in [-0.05, 0) is 36.8 Å². The molecule has 26 heavy (non-hydrogen) atoms. The van der Waals surface area contributed by atoms with Crippen molar-refractivity contribution in [3.8, 4) is 22.5 Å². The highest BCUT2D eigenvalue weighted by molar-refractivity contribution is 6.30. The van der Waals surface area contributed by atoms with Crippen molar-refractivity contribution in [1.29, 1.82) is 0 Å². The fourth-order valence-corrected chi connectivity index (χ4v) is 3.77. The van der Waals surface area contributed by atoms with Crippen LogP contribution in [-0.4, -0.2) is 19.5 Å². The van der Waals surface area contributed by atoms with E-state index in [1.165, 1.54) is 6.07 Å². The Kier molecular flexibility index (Phi) is 3.50. The lowest BCUT2D eigenvalue weighted by atomic mass is 10.0. The number of hydrogen-bond acceptors (Lipinski definition) is 3. The molecular formula is C20H14ClFN4. The lowest BCUT2D eigenvalue weighted by molar-refractivity contribution is 0.630. The second-order valence-electron chi connectivity index (χ2n) is 6.36. The van der Waals surface area contributed by atoms with Crippen LogP contribution in [0.25, 0.3) is 33.5 Å². The standard InChI is InChI=1S/C20H14ClFN4/c21-13-4-5-15(22)14(11-13)19-20(26-9-1-2-18(26)25-19)12-3-6-16-17(10-12)24-8-7-23-16/h3-8,10-11H,1-2,9H2. The van der Waals surface area contributed by atoms with Crippen LogP contribution in [0.5, 0.6) is 0 Å². The van der Waals surface area contributed by atoms with E-state index in [0.717, 1.165) is 47.5 Å². The summed E-state index contributed by atoms with van der Waals surface area (Å²) in [5.74, 6) is 0.654. The van der Waals surface area contributed by atoms with Crippen LogP contribution in [-0.2, 0) is 13.0 Å². The van der Waals surface area contributed by atoms with Gasteiger partial charge in [-0.15, -0.1) is 0 Å². The number of aryl methyl sites for hydroxylation is 1. The number of aromatic nitrogens is 4. The predicted octanol–water partition coefficient (Wildman–Crippen LogP) is 4.90. The Morgan fingerprint density at radius 3 is 2.73 bits per heavy atom. The summed E-state index contributed by atoms with van der Waals surface area (Å²) in [6, 6.07) is 10.5. The molecule has 6 heteroatoms. The summed E-state index contributed by atoms with van der Waals surface area (Å²) in [7, 11) is 0. The minimum absolute atomic E-state index is 0.326. The van der Waals surface area contributed by atoms with Crippen LogP contribution in [0, 0.1) is 5.82 Å². The van der Waals surface area contributed by atoms with Gasteiger partial charge >= 0.3 is 0 Å². The molecule has 4 aromatic rings. The van der Waals surface area contributed by atoms with Crippen molar-refractivity contribution in [2.24, 2.45) is 0 Å². The molecule has 3 heterocycles. The number of halogens is 2. The lowest BCUT2D eigenvalue weighted by Gasteiger charge is -2.10. The van der Waals surface area contributed by atoms with Gasteiger partial charge in [-0.3, -0.25) is 9.97 Å². The van der Waals surface area contributed by atoms with Gasteiger partial charge in [0.2, 0.25) is 0 Å². The van der Waals surface area contributed by atoms with Gasteiger partial charge in [-0.2, -0.15) is 0 Å². The molecule has 128 valence electrons. The second-order valence-corrected chi connectivity index (χ2v) is 6.80. The molecular weight excluding hydrogens is 351 g/mol. The Bertz CT molecular complexity index is 1150. The van der Waals surface area contributed by atoms with Crippen molar-refractivity contribution in [2.75, 3.05) is 0 Å². The normalized spacial score (nSPS) is 13.3. The number of imidazole rings is 1. The SMILES string of the molecule is Fc1ccc(Cl)cc1-c1nc2n(c1-c1ccc3nccnc3c1)CCC2. The van der Waals surface area contributed by atoms with Crippen molar-refractivity contribution in [2.45, 2.75) is 19.4 Å². The van der Waals surface area contributed by atoms with Gasteiger partial charge in [0.05, 0.1) is 22.4 Å². The van der Waals surface area contributed by atoms with Gasteiger partial charge in [-0.1, -0.05) is 17.7 Å². The molecule has 0 aliphatic carbocycles. The zero-order chi connectivity index (χ0) is 17.7. The number of rotatable bonds is 2. The number of hydrogen-bond donors (Lipinski definition) is 0. The molecule has 5 rings (SSSR count). The largest absolute Gasteiger partial charge is 0.327 e. The van der Waals surface area contributed by atoms with E-state index in [2.05, 4.69) is 14.5 Å². The Morgan fingerprint density at radius 2 is 1.85 bits per heavy atom. The number of nitrogens with zero attached hydrogens (tertiary/aromatic N) is 4. The van der Waals surface area contributed by atoms with Crippen molar-refractivity contribution in [3.05, 3.63) is 65.5 Å². The first-order valence-electron chi connectivity index (χ1n) is 8.47. The molecule has 2 aromatic carbocycles. The first-order chi connectivity index (χ1) is 12.7. The molecule has 1 aliphatic rings. The molecule has 0 saturated carbocycles. The lowest BCUT2D eigenvalue weighted by Crippen LogP contribution is -1.97. The topological polar surface area (TPSA) is 43.6 Å². The van der Waals surface area contributed by atoms with E-state index in [1.807, 2.05) is 18.2 Å². The van der Waals surface area contributed by atoms with Gasteiger partial charge in [0.1, 0.15) is 11.6 Å². The van der Waals surface area contributed by atoms with E-state index in [0.29, 0.717) is 16.3 Å². The summed E-state index contributed by atoms with van der Waals surface area (Å²) >= 11 is 6.12. The minimum Gasteiger partial charge on any atom is -0.327 e. The van der Waals surface area contributed by atoms with Gasteiger partial charge < -0.3 is 4.57 Å². The van der Waals surface area contributed by atoms with Gasteiger partial charge in [0.25, 0.3) is 0 Å². The zero-order valence-electron chi connectivity index (χ0n) is 13.8. The Balaban J connectivity index is 1.78. The average molecular weight is 365 g/mol. The summed E-state index contributed by atoms with van der Waals surface area (Å²) in [6.45, 7) is 0.873. The molecule has 0 amide bonds. The molecule has 2 aromatic heterocycles. The van der Waals surface area contributed by atoms with Crippen LogP contribution in [0.15, 0.2) is 48.8 Å². The molecule has 0 saturated heterocycles. The first kappa shape index (κ1) is 15.5. The Hall–Kier alpha value is -2.79. The summed E-state index contributed by atoms with van der Waals surface area (Å²) in [6.07, 6.45) is 5.28. The molecule has 0 atom stereocenters. The van der Waals surface area contributed by atoms with Crippen molar-refractivity contribution in [3.63, 3.8) is 0 Å². The van der Waals surface area contributed by atoms with E-state index >= 15 is 0 Å². The fourth-order valence-electron chi connectivity index (χ4n) is 3.60. The quantitative estimate of drug-likeness (QED) is 0.508. The minimum atomic E-state index is -0.326. The third kappa shape index (κ3) is 2.39. The molecule has 0 spiro atoms. The summed E-state index contributed by atoms with van der Waals surface area (Å²) in [5, 5.41) is 0.491. The highest BCUT2D eigenvalue weighted by Gasteiger charge is 2.25. The Labute approximate surface area is 154 Å². The average Bonchev–Trinajstić information content (AvgIpc) is 3.24. The zero-order valence-corrected chi connectivity index (χ0v) is 14.5. The van der Waals surface area contributed by atoms with E-state index in [9.17, 15) is 4.39 Å². The maximum Gasteiger partial charge on any atom is 0.132 e. The first-order valence-corrected chi connectivity index (χ1v) is 8.84.